The van der Waals surface area contributed by atoms with E-state index < -0.39 is 0 Å². The van der Waals surface area contributed by atoms with E-state index in [4.69, 9.17) is 5.73 Å². The number of alkyl halides is 1. The predicted molar refractivity (Wildman–Crippen MR) is 55.5 cm³/mol. The summed E-state index contributed by atoms with van der Waals surface area (Å²) in [7, 11) is 0. The molecule has 0 fully saturated rings. The van der Waals surface area contributed by atoms with Crippen molar-refractivity contribution in [2.45, 2.75) is 19.8 Å². The highest BCUT2D eigenvalue weighted by molar-refractivity contribution is 9.09. The molecule has 0 saturated carbocycles. The van der Waals surface area contributed by atoms with E-state index in [0.717, 1.165) is 23.7 Å². The molecule has 2 N–H and O–H groups in total. The second-order valence-corrected chi connectivity index (χ2v) is 3.64. The van der Waals surface area contributed by atoms with Gasteiger partial charge in [-0.15, -0.1) is 0 Å². The smallest absolute Gasteiger partial charge is 0.126 e. The average molecular weight is 229 g/mol. The monoisotopic (exact) mass is 228 g/mol. The van der Waals surface area contributed by atoms with E-state index in [9.17, 15) is 0 Å². The second-order valence-electron chi connectivity index (χ2n) is 2.85. The molecule has 0 aliphatic carbocycles. The number of nitrogen functional groups attached to an aromatic ring is 1. The maximum absolute atomic E-state index is 5.70. The number of pyridine rings is 1. The van der Waals surface area contributed by atoms with Crippen LogP contribution < -0.4 is 5.73 Å². The summed E-state index contributed by atoms with van der Waals surface area (Å²) in [6, 6.07) is 2.10. The van der Waals surface area contributed by atoms with Crippen molar-refractivity contribution >= 4 is 21.7 Å². The fourth-order valence-electron chi connectivity index (χ4n) is 1.10. The molecule has 0 amide bonds. The summed E-state index contributed by atoms with van der Waals surface area (Å²) in [4.78, 5) is 4.09. The van der Waals surface area contributed by atoms with Crippen molar-refractivity contribution in [1.82, 2.24) is 4.98 Å². The minimum Gasteiger partial charge on any atom is -0.383 e. The van der Waals surface area contributed by atoms with Gasteiger partial charge in [-0.2, -0.15) is 0 Å². The van der Waals surface area contributed by atoms with Crippen LogP contribution in [-0.4, -0.2) is 10.3 Å². The predicted octanol–water partition coefficient (Wildman–Crippen LogP) is 2.30. The van der Waals surface area contributed by atoms with Gasteiger partial charge in [0.2, 0.25) is 0 Å². The normalized spacial score (nSPS) is 10.2. The van der Waals surface area contributed by atoms with Gasteiger partial charge in [-0.25, -0.2) is 4.98 Å². The first kappa shape index (κ1) is 9.52. The molecule has 1 heterocycles. The minimum atomic E-state index is 0.668. The van der Waals surface area contributed by atoms with Gasteiger partial charge in [-0.1, -0.05) is 22.0 Å². The summed E-state index contributed by atoms with van der Waals surface area (Å²) in [5, 5.41) is 1.01. The summed E-state index contributed by atoms with van der Waals surface area (Å²) >= 11 is 3.39. The number of aromatic nitrogens is 1. The Morgan fingerprint density at radius 3 is 3.00 bits per heavy atom. The summed E-state index contributed by atoms with van der Waals surface area (Å²) in [6.07, 6.45) is 3.91. The summed E-state index contributed by atoms with van der Waals surface area (Å²) in [6.45, 7) is 2.03. The van der Waals surface area contributed by atoms with Crippen molar-refractivity contribution < 1.29 is 0 Å². The zero-order valence-electron chi connectivity index (χ0n) is 7.18. The van der Waals surface area contributed by atoms with E-state index in [1.165, 1.54) is 5.56 Å². The molecule has 0 aromatic carbocycles. The highest BCUT2D eigenvalue weighted by Gasteiger charge is 1.99. The lowest BCUT2D eigenvalue weighted by molar-refractivity contribution is 0.931. The molecular weight excluding hydrogens is 216 g/mol. The number of hydrogen-bond acceptors (Lipinski definition) is 2. The topological polar surface area (TPSA) is 38.9 Å². The lowest BCUT2D eigenvalue weighted by Crippen LogP contribution is -1.98. The Kier molecular flexibility index (Phi) is 3.53. The fourth-order valence-corrected chi connectivity index (χ4v) is 1.38. The van der Waals surface area contributed by atoms with Crippen LogP contribution in [0.15, 0.2) is 12.3 Å². The molecule has 0 aliphatic heterocycles. The Hall–Kier alpha value is -0.570. The standard InChI is InChI=1S/C9H13BrN2/c1-7-5-8(3-2-4-10)9(11)12-6-7/h5-6H,2-4H2,1H3,(H2,11,12). The van der Waals surface area contributed by atoms with Crippen LogP contribution in [0, 0.1) is 6.92 Å². The lowest BCUT2D eigenvalue weighted by Gasteiger charge is -2.03. The summed E-state index contributed by atoms with van der Waals surface area (Å²) in [5.74, 6) is 0.668. The van der Waals surface area contributed by atoms with Gasteiger partial charge in [0.05, 0.1) is 0 Å². The molecule has 3 heteroatoms. The van der Waals surface area contributed by atoms with Crippen LogP contribution in [0.25, 0.3) is 0 Å². The maximum atomic E-state index is 5.70. The SMILES string of the molecule is Cc1cnc(N)c(CCCBr)c1. The van der Waals surface area contributed by atoms with Crippen molar-refractivity contribution in [2.75, 3.05) is 11.1 Å². The molecule has 1 rings (SSSR count). The Morgan fingerprint density at radius 2 is 2.33 bits per heavy atom. The first-order chi connectivity index (χ1) is 5.74. The van der Waals surface area contributed by atoms with Crippen LogP contribution in [-0.2, 0) is 6.42 Å². The minimum absolute atomic E-state index is 0.668. The zero-order valence-corrected chi connectivity index (χ0v) is 8.76. The van der Waals surface area contributed by atoms with Gasteiger partial charge in [0.25, 0.3) is 0 Å². The van der Waals surface area contributed by atoms with E-state index in [1.807, 2.05) is 6.92 Å². The first-order valence-electron chi connectivity index (χ1n) is 4.01. The van der Waals surface area contributed by atoms with Crippen molar-refractivity contribution in [2.24, 2.45) is 0 Å². The van der Waals surface area contributed by atoms with Gasteiger partial charge < -0.3 is 5.73 Å². The Morgan fingerprint density at radius 1 is 1.58 bits per heavy atom. The third kappa shape index (κ3) is 2.48. The number of nitrogens with zero attached hydrogens (tertiary/aromatic N) is 1. The Labute approximate surface area is 81.3 Å². The van der Waals surface area contributed by atoms with E-state index in [0.29, 0.717) is 5.82 Å². The van der Waals surface area contributed by atoms with Gasteiger partial charge in [-0.3, -0.25) is 0 Å². The van der Waals surface area contributed by atoms with Crippen LogP contribution in [0.1, 0.15) is 17.5 Å². The van der Waals surface area contributed by atoms with Gasteiger partial charge in [0.1, 0.15) is 5.82 Å². The molecular formula is C9H13BrN2. The highest BCUT2D eigenvalue weighted by atomic mass is 79.9. The van der Waals surface area contributed by atoms with Crippen molar-refractivity contribution in [3.8, 4) is 0 Å². The molecule has 0 radical (unpaired) electrons. The van der Waals surface area contributed by atoms with Crippen molar-refractivity contribution in [1.29, 1.82) is 0 Å². The van der Waals surface area contributed by atoms with Gasteiger partial charge in [0, 0.05) is 11.5 Å². The zero-order chi connectivity index (χ0) is 8.97. The third-order valence-electron chi connectivity index (χ3n) is 1.72. The average Bonchev–Trinajstić information content (AvgIpc) is 2.07. The van der Waals surface area contributed by atoms with Crippen molar-refractivity contribution in [3.63, 3.8) is 0 Å². The number of nitrogens with two attached hydrogens (primary N) is 1. The van der Waals surface area contributed by atoms with E-state index in [-0.39, 0.29) is 0 Å². The molecule has 0 unspecified atom stereocenters. The summed E-state index contributed by atoms with van der Waals surface area (Å²) < 4.78 is 0. The molecule has 66 valence electrons. The van der Waals surface area contributed by atoms with Crippen LogP contribution in [0.4, 0.5) is 5.82 Å². The lowest BCUT2D eigenvalue weighted by atomic mass is 10.1. The molecule has 1 aromatic rings. The van der Waals surface area contributed by atoms with Gasteiger partial charge in [0.15, 0.2) is 0 Å². The van der Waals surface area contributed by atoms with Gasteiger partial charge >= 0.3 is 0 Å². The van der Waals surface area contributed by atoms with Crippen molar-refractivity contribution in [3.05, 3.63) is 23.4 Å². The van der Waals surface area contributed by atoms with Crippen LogP contribution in [0.2, 0.25) is 0 Å². The fraction of sp³-hybridized carbons (Fsp3) is 0.444. The molecule has 0 atom stereocenters. The molecule has 2 nitrogen and oxygen atoms in total. The van der Waals surface area contributed by atoms with E-state index >= 15 is 0 Å². The highest BCUT2D eigenvalue weighted by Crippen LogP contribution is 2.12. The molecule has 12 heavy (non-hydrogen) atoms. The Bertz CT molecular complexity index is 261. The summed E-state index contributed by atoms with van der Waals surface area (Å²) in [5.41, 5.74) is 8.04. The number of hydrogen-bond donors (Lipinski definition) is 1. The Balaban J connectivity index is 2.75. The number of aryl methyl sites for hydroxylation is 2. The van der Waals surface area contributed by atoms with Crippen LogP contribution >= 0.6 is 15.9 Å². The second kappa shape index (κ2) is 4.45. The number of halogens is 1. The maximum Gasteiger partial charge on any atom is 0.126 e. The van der Waals surface area contributed by atoms with E-state index in [1.54, 1.807) is 6.20 Å². The quantitative estimate of drug-likeness (QED) is 0.807. The molecule has 0 saturated heterocycles. The number of rotatable bonds is 3. The third-order valence-corrected chi connectivity index (χ3v) is 2.28. The van der Waals surface area contributed by atoms with Gasteiger partial charge in [-0.05, 0) is 30.9 Å². The molecule has 0 aliphatic rings. The van der Waals surface area contributed by atoms with E-state index in [2.05, 4.69) is 27.0 Å². The molecule has 1 aromatic heterocycles. The largest absolute Gasteiger partial charge is 0.383 e. The molecule has 0 bridgehead atoms. The van der Waals surface area contributed by atoms with Crippen LogP contribution in [0.3, 0.4) is 0 Å². The first-order valence-corrected chi connectivity index (χ1v) is 5.13. The van der Waals surface area contributed by atoms with Crippen LogP contribution in [0.5, 0.6) is 0 Å². The molecule has 0 spiro atoms. The number of anilines is 1.